The Balaban J connectivity index is 1.22. The van der Waals surface area contributed by atoms with Crippen molar-refractivity contribution in [3.8, 4) is 17.1 Å². The Kier molecular flexibility index (Phi) is 7.67. The number of carboxylic acids is 1. The van der Waals surface area contributed by atoms with Gasteiger partial charge in [-0.05, 0) is 48.4 Å². The molecule has 1 aliphatic heterocycles. The molecule has 3 aromatic carbocycles. The molecule has 0 radical (unpaired) electrons. The number of benzene rings is 3. The van der Waals surface area contributed by atoms with Crippen molar-refractivity contribution < 1.29 is 23.8 Å². The average Bonchev–Trinajstić information content (AvgIpc) is 3.62. The van der Waals surface area contributed by atoms with Crippen LogP contribution >= 0.6 is 11.6 Å². The minimum absolute atomic E-state index is 0.180. The Labute approximate surface area is 241 Å². The zero-order chi connectivity index (χ0) is 28.3. The second kappa shape index (κ2) is 11.7. The van der Waals surface area contributed by atoms with Gasteiger partial charge in [0, 0.05) is 47.7 Å². The topological polar surface area (TPSA) is 86.5 Å². The number of carbonyl (C=O) groups is 1. The molecule has 1 fully saturated rings. The van der Waals surface area contributed by atoms with Gasteiger partial charge in [-0.3, -0.25) is 0 Å². The zero-order valence-electron chi connectivity index (χ0n) is 22.0. The first-order valence-electron chi connectivity index (χ1n) is 13.4. The summed E-state index contributed by atoms with van der Waals surface area (Å²) in [6.07, 6.45) is -0.129. The van der Waals surface area contributed by atoms with Gasteiger partial charge in [0.2, 0.25) is 5.88 Å². The molecule has 3 heterocycles. The quantitative estimate of drug-likeness (QED) is 0.203. The van der Waals surface area contributed by atoms with Crippen LogP contribution in [0.5, 0.6) is 5.88 Å². The molecular formula is C32H27ClFN3O4. The lowest BCUT2D eigenvalue weighted by atomic mass is 10.1. The van der Waals surface area contributed by atoms with Gasteiger partial charge >= 0.3 is 5.97 Å². The van der Waals surface area contributed by atoms with Crippen LogP contribution in [0.2, 0.25) is 5.02 Å². The number of rotatable bonds is 9. The van der Waals surface area contributed by atoms with Crippen LogP contribution in [-0.2, 0) is 17.7 Å². The molecule has 5 aromatic rings. The van der Waals surface area contributed by atoms with Crippen molar-refractivity contribution >= 4 is 28.6 Å². The summed E-state index contributed by atoms with van der Waals surface area (Å²) in [4.78, 5) is 21.0. The Morgan fingerprint density at radius 3 is 2.61 bits per heavy atom. The maximum atomic E-state index is 14.7. The van der Waals surface area contributed by atoms with Gasteiger partial charge < -0.3 is 19.1 Å². The second-order valence-corrected chi connectivity index (χ2v) is 10.5. The van der Waals surface area contributed by atoms with Gasteiger partial charge in [-0.15, -0.1) is 0 Å². The van der Waals surface area contributed by atoms with Crippen LogP contribution in [0.1, 0.15) is 40.1 Å². The molecule has 7 nitrogen and oxygen atoms in total. The van der Waals surface area contributed by atoms with E-state index in [1.54, 1.807) is 54.6 Å². The van der Waals surface area contributed by atoms with Crippen molar-refractivity contribution in [1.29, 1.82) is 0 Å². The number of nitrogens with zero attached hydrogens (tertiary/aromatic N) is 3. The number of aromatic nitrogens is 3. The molecule has 1 unspecified atom stereocenters. The first kappa shape index (κ1) is 26.9. The third-order valence-corrected chi connectivity index (χ3v) is 7.48. The highest BCUT2D eigenvalue weighted by Crippen LogP contribution is 2.28. The summed E-state index contributed by atoms with van der Waals surface area (Å²) in [5.41, 5.74) is 4.75. The van der Waals surface area contributed by atoms with Gasteiger partial charge in [0.15, 0.2) is 0 Å². The van der Waals surface area contributed by atoms with Crippen molar-refractivity contribution in [2.75, 3.05) is 13.2 Å². The van der Waals surface area contributed by atoms with E-state index in [9.17, 15) is 14.3 Å². The zero-order valence-corrected chi connectivity index (χ0v) is 22.8. The van der Waals surface area contributed by atoms with E-state index >= 15 is 0 Å². The predicted octanol–water partition coefficient (Wildman–Crippen LogP) is 7.12. The number of aromatic carboxylic acids is 1. The van der Waals surface area contributed by atoms with E-state index in [4.69, 9.17) is 26.1 Å². The molecule has 1 saturated heterocycles. The highest BCUT2D eigenvalue weighted by atomic mass is 35.5. The molecule has 0 aliphatic carbocycles. The van der Waals surface area contributed by atoms with Crippen molar-refractivity contribution in [3.63, 3.8) is 0 Å². The van der Waals surface area contributed by atoms with Crippen LogP contribution in [0.15, 0.2) is 84.9 Å². The number of hydrogen-bond donors (Lipinski definition) is 1. The standard InChI is InChI=1S/C32H27ClFN3O4/c33-25-11-8-23(9-12-25)31(34)41-30-3-1-2-26(36-30)22-6-4-20(5-7-22)16-29-35-27-13-10-24(32(38)39)17-28(27)37(29)18-21-14-15-40-19-21/h1-13,17,21,31H,14-16,18-19H2,(H,38,39)/t21-,31?/m0/s1. The third kappa shape index (κ3) is 6.09. The summed E-state index contributed by atoms with van der Waals surface area (Å²) in [6.45, 7) is 2.14. The first-order valence-corrected chi connectivity index (χ1v) is 13.7. The van der Waals surface area contributed by atoms with Crippen molar-refractivity contribution in [2.24, 2.45) is 5.92 Å². The minimum atomic E-state index is -1.67. The highest BCUT2D eigenvalue weighted by Gasteiger charge is 2.21. The fraction of sp³-hybridized carbons (Fsp3) is 0.219. The van der Waals surface area contributed by atoms with Crippen molar-refractivity contribution in [3.05, 3.63) is 112 Å². The lowest BCUT2D eigenvalue weighted by Crippen LogP contribution is -2.14. The van der Waals surface area contributed by atoms with E-state index in [2.05, 4.69) is 9.55 Å². The highest BCUT2D eigenvalue weighted by molar-refractivity contribution is 6.30. The van der Waals surface area contributed by atoms with Gasteiger partial charge in [0.25, 0.3) is 6.36 Å². The summed E-state index contributed by atoms with van der Waals surface area (Å²) in [5.74, 6) is 0.438. The molecule has 208 valence electrons. The molecule has 1 aliphatic rings. The normalized spacial score (nSPS) is 15.7. The molecular weight excluding hydrogens is 545 g/mol. The number of hydrogen-bond acceptors (Lipinski definition) is 5. The number of ether oxygens (including phenoxy) is 2. The van der Waals surface area contributed by atoms with Gasteiger partial charge in [-0.1, -0.05) is 54.1 Å². The monoisotopic (exact) mass is 571 g/mol. The lowest BCUT2D eigenvalue weighted by Gasteiger charge is -2.14. The van der Waals surface area contributed by atoms with Gasteiger partial charge in [0.1, 0.15) is 5.82 Å². The molecule has 2 atom stereocenters. The van der Waals surface area contributed by atoms with E-state index < -0.39 is 12.3 Å². The number of fused-ring (bicyclic) bond motifs is 1. The van der Waals surface area contributed by atoms with E-state index in [0.29, 0.717) is 35.2 Å². The molecule has 41 heavy (non-hydrogen) atoms. The van der Waals surface area contributed by atoms with E-state index in [1.165, 1.54) is 0 Å². The van der Waals surface area contributed by atoms with Crippen molar-refractivity contribution in [2.45, 2.75) is 25.7 Å². The number of pyridine rings is 1. The van der Waals surface area contributed by atoms with Crippen LogP contribution in [-0.4, -0.2) is 38.8 Å². The van der Waals surface area contributed by atoms with Crippen LogP contribution in [0, 0.1) is 5.92 Å². The Bertz CT molecular complexity index is 1680. The van der Waals surface area contributed by atoms with Crippen molar-refractivity contribution in [1.82, 2.24) is 14.5 Å². The molecule has 1 N–H and O–H groups in total. The summed E-state index contributed by atoms with van der Waals surface area (Å²) in [7, 11) is 0. The number of halogens is 2. The van der Waals surface area contributed by atoms with Gasteiger partial charge in [-0.25, -0.2) is 14.8 Å². The van der Waals surface area contributed by atoms with Crippen LogP contribution in [0.4, 0.5) is 4.39 Å². The molecule has 0 saturated carbocycles. The molecule has 0 spiro atoms. The molecule has 0 amide bonds. The van der Waals surface area contributed by atoms with E-state index in [-0.39, 0.29) is 11.4 Å². The second-order valence-electron chi connectivity index (χ2n) is 10.1. The van der Waals surface area contributed by atoms with E-state index in [0.717, 1.165) is 47.6 Å². The largest absolute Gasteiger partial charge is 0.478 e. The fourth-order valence-electron chi connectivity index (χ4n) is 5.04. The van der Waals surface area contributed by atoms with Crippen LogP contribution in [0.3, 0.4) is 0 Å². The molecule has 0 bridgehead atoms. The maximum Gasteiger partial charge on any atom is 0.335 e. The Morgan fingerprint density at radius 2 is 1.88 bits per heavy atom. The smallest absolute Gasteiger partial charge is 0.335 e. The van der Waals surface area contributed by atoms with Crippen LogP contribution < -0.4 is 4.74 Å². The Hall–Kier alpha value is -4.27. The number of carboxylic acid groups (broad SMARTS) is 1. The molecule has 2 aromatic heterocycles. The molecule has 9 heteroatoms. The maximum absolute atomic E-state index is 14.7. The molecule has 6 rings (SSSR count). The summed E-state index contributed by atoms with van der Waals surface area (Å²) in [5, 5.41) is 10.0. The minimum Gasteiger partial charge on any atom is -0.478 e. The first-order chi connectivity index (χ1) is 19.9. The van der Waals surface area contributed by atoms with E-state index in [1.807, 2.05) is 30.3 Å². The predicted molar refractivity (Wildman–Crippen MR) is 154 cm³/mol. The summed E-state index contributed by atoms with van der Waals surface area (Å²) in [6, 6.07) is 24.7. The summed E-state index contributed by atoms with van der Waals surface area (Å²) >= 11 is 5.89. The van der Waals surface area contributed by atoms with Gasteiger partial charge in [0.05, 0.1) is 28.9 Å². The number of alkyl halides is 1. The average molecular weight is 572 g/mol. The Morgan fingerprint density at radius 1 is 1.07 bits per heavy atom. The van der Waals surface area contributed by atoms with Crippen LogP contribution in [0.25, 0.3) is 22.3 Å². The third-order valence-electron chi connectivity index (χ3n) is 7.23. The number of imidazole rings is 1. The van der Waals surface area contributed by atoms with Gasteiger partial charge in [-0.2, -0.15) is 4.39 Å². The lowest BCUT2D eigenvalue weighted by molar-refractivity contribution is 0.0624. The fourth-order valence-corrected chi connectivity index (χ4v) is 5.16. The summed E-state index contributed by atoms with van der Waals surface area (Å²) < 4.78 is 27.9. The SMILES string of the molecule is O=C(O)c1ccc2nc(Cc3ccc(-c4cccc(OC(F)c5ccc(Cl)cc5)n4)cc3)n(C[C@@H]3CCOC3)c2c1.